The fourth-order valence-corrected chi connectivity index (χ4v) is 4.60. The van der Waals surface area contributed by atoms with E-state index in [1.54, 1.807) is 72.8 Å². The number of sulfonamides is 1. The number of ether oxygens (including phenoxy) is 1. The van der Waals surface area contributed by atoms with Gasteiger partial charge in [0.2, 0.25) is 10.0 Å². The van der Waals surface area contributed by atoms with Crippen molar-refractivity contribution in [2.24, 2.45) is 0 Å². The SMILES string of the molecule is CS(=O)(=O)N(Cc1ccc(C(=O)Nc2ccc(OCc3ccccc3)cc2)cc1)c1cccc(Cl)c1. The van der Waals surface area contributed by atoms with Crippen molar-refractivity contribution in [3.63, 3.8) is 0 Å². The number of halogens is 1. The highest BCUT2D eigenvalue weighted by Crippen LogP contribution is 2.24. The Morgan fingerprint density at radius 2 is 1.56 bits per heavy atom. The Bertz CT molecular complexity index is 1420. The molecule has 4 aromatic rings. The Hall–Kier alpha value is -3.81. The van der Waals surface area contributed by atoms with Gasteiger partial charge in [-0.15, -0.1) is 0 Å². The lowest BCUT2D eigenvalue weighted by molar-refractivity contribution is 0.102. The van der Waals surface area contributed by atoms with Gasteiger partial charge in [0.25, 0.3) is 5.91 Å². The molecule has 0 bridgehead atoms. The number of carbonyl (C=O) groups excluding carboxylic acids is 1. The largest absolute Gasteiger partial charge is 0.489 e. The Kier molecular flexibility index (Phi) is 7.93. The number of anilines is 2. The molecule has 0 atom stereocenters. The van der Waals surface area contributed by atoms with Crippen LogP contribution in [0.1, 0.15) is 21.5 Å². The van der Waals surface area contributed by atoms with Gasteiger partial charge in [0.05, 0.1) is 18.5 Å². The first-order valence-electron chi connectivity index (χ1n) is 11.2. The first kappa shape index (κ1) is 25.3. The first-order valence-corrected chi connectivity index (χ1v) is 13.4. The Labute approximate surface area is 216 Å². The minimum Gasteiger partial charge on any atom is -0.489 e. The lowest BCUT2D eigenvalue weighted by Crippen LogP contribution is -2.29. The maximum absolute atomic E-state index is 12.7. The van der Waals surface area contributed by atoms with Crippen LogP contribution in [0.15, 0.2) is 103 Å². The van der Waals surface area contributed by atoms with E-state index >= 15 is 0 Å². The molecule has 4 rings (SSSR count). The molecule has 184 valence electrons. The number of benzene rings is 4. The maximum Gasteiger partial charge on any atom is 0.255 e. The zero-order chi connectivity index (χ0) is 25.5. The third kappa shape index (κ3) is 6.87. The van der Waals surface area contributed by atoms with E-state index in [0.29, 0.717) is 34.3 Å². The van der Waals surface area contributed by atoms with Crippen LogP contribution in [-0.2, 0) is 23.2 Å². The second-order valence-electron chi connectivity index (χ2n) is 8.20. The highest BCUT2D eigenvalue weighted by atomic mass is 35.5. The molecule has 36 heavy (non-hydrogen) atoms. The topological polar surface area (TPSA) is 75.7 Å². The number of rotatable bonds is 9. The summed E-state index contributed by atoms with van der Waals surface area (Å²) in [6, 6.07) is 30.5. The minimum atomic E-state index is -3.54. The van der Waals surface area contributed by atoms with E-state index in [2.05, 4.69) is 5.32 Å². The average molecular weight is 521 g/mol. The molecule has 1 N–H and O–H groups in total. The van der Waals surface area contributed by atoms with Crippen molar-refractivity contribution in [1.29, 1.82) is 0 Å². The normalized spacial score (nSPS) is 11.1. The van der Waals surface area contributed by atoms with Gasteiger partial charge in [-0.25, -0.2) is 8.42 Å². The molecule has 1 amide bonds. The zero-order valence-corrected chi connectivity index (χ0v) is 21.2. The van der Waals surface area contributed by atoms with Gasteiger partial charge in [-0.3, -0.25) is 9.10 Å². The maximum atomic E-state index is 12.7. The first-order chi connectivity index (χ1) is 17.3. The number of nitrogens with one attached hydrogen (secondary N) is 1. The molecule has 4 aromatic carbocycles. The Balaban J connectivity index is 1.37. The third-order valence-corrected chi connectivity index (χ3v) is 6.78. The van der Waals surface area contributed by atoms with Crippen molar-refractivity contribution < 1.29 is 17.9 Å². The molecule has 8 heteroatoms. The van der Waals surface area contributed by atoms with Crippen LogP contribution in [-0.4, -0.2) is 20.6 Å². The molecular weight excluding hydrogens is 496 g/mol. The lowest BCUT2D eigenvalue weighted by atomic mass is 10.1. The highest BCUT2D eigenvalue weighted by molar-refractivity contribution is 7.92. The molecule has 0 saturated carbocycles. The van der Waals surface area contributed by atoms with Crippen LogP contribution >= 0.6 is 11.6 Å². The molecule has 0 spiro atoms. The number of hydrogen-bond acceptors (Lipinski definition) is 4. The van der Waals surface area contributed by atoms with E-state index in [9.17, 15) is 13.2 Å². The van der Waals surface area contributed by atoms with Crippen LogP contribution in [0.3, 0.4) is 0 Å². The summed E-state index contributed by atoms with van der Waals surface area (Å²) in [6.45, 7) is 0.582. The molecule has 0 radical (unpaired) electrons. The summed E-state index contributed by atoms with van der Waals surface area (Å²) in [4.78, 5) is 12.7. The van der Waals surface area contributed by atoms with Crippen LogP contribution in [0.4, 0.5) is 11.4 Å². The predicted octanol–water partition coefficient (Wildman–Crippen LogP) is 6.14. The lowest BCUT2D eigenvalue weighted by Gasteiger charge is -2.22. The van der Waals surface area contributed by atoms with Gasteiger partial charge in [-0.05, 0) is 65.7 Å². The van der Waals surface area contributed by atoms with Gasteiger partial charge in [0.1, 0.15) is 12.4 Å². The Morgan fingerprint density at radius 1 is 0.861 bits per heavy atom. The predicted molar refractivity (Wildman–Crippen MR) is 144 cm³/mol. The van der Waals surface area contributed by atoms with E-state index in [-0.39, 0.29) is 12.5 Å². The molecule has 0 aliphatic carbocycles. The van der Waals surface area contributed by atoms with Crippen LogP contribution in [0.5, 0.6) is 5.75 Å². The molecule has 6 nitrogen and oxygen atoms in total. The second-order valence-corrected chi connectivity index (χ2v) is 10.5. The smallest absolute Gasteiger partial charge is 0.255 e. The standard InChI is InChI=1S/C28H25ClN2O4S/c1-36(33,34)31(26-9-5-8-24(29)18-26)19-21-10-12-23(13-11-21)28(32)30-25-14-16-27(17-15-25)35-20-22-6-3-2-4-7-22/h2-18H,19-20H2,1H3,(H,30,32). The van der Waals surface area contributed by atoms with Crippen molar-refractivity contribution in [3.8, 4) is 5.75 Å². The number of hydrogen-bond donors (Lipinski definition) is 1. The van der Waals surface area contributed by atoms with Crippen LogP contribution in [0.25, 0.3) is 0 Å². The van der Waals surface area contributed by atoms with E-state index in [4.69, 9.17) is 16.3 Å². The van der Waals surface area contributed by atoms with Gasteiger partial charge in [-0.2, -0.15) is 0 Å². The van der Waals surface area contributed by atoms with E-state index < -0.39 is 10.0 Å². The van der Waals surface area contributed by atoms with Gasteiger partial charge in [-0.1, -0.05) is 60.1 Å². The molecule has 0 fully saturated rings. The molecule has 0 saturated heterocycles. The van der Waals surface area contributed by atoms with Crippen molar-refractivity contribution >= 4 is 38.9 Å². The fraction of sp³-hybridized carbons (Fsp3) is 0.107. The molecule has 0 aliphatic heterocycles. The van der Waals surface area contributed by atoms with E-state index in [0.717, 1.165) is 17.4 Å². The molecule has 0 aliphatic rings. The van der Waals surface area contributed by atoms with Crippen molar-refractivity contribution in [1.82, 2.24) is 0 Å². The van der Waals surface area contributed by atoms with Gasteiger partial charge in [0.15, 0.2) is 0 Å². The van der Waals surface area contributed by atoms with Gasteiger partial charge < -0.3 is 10.1 Å². The fourth-order valence-electron chi connectivity index (χ4n) is 3.54. The summed E-state index contributed by atoms with van der Waals surface area (Å²) < 4.78 is 31.8. The summed E-state index contributed by atoms with van der Waals surface area (Å²) in [6.07, 6.45) is 1.15. The summed E-state index contributed by atoms with van der Waals surface area (Å²) >= 11 is 6.04. The van der Waals surface area contributed by atoms with Gasteiger partial charge in [0, 0.05) is 16.3 Å². The van der Waals surface area contributed by atoms with Crippen LogP contribution in [0, 0.1) is 0 Å². The van der Waals surface area contributed by atoms with Crippen molar-refractivity contribution in [2.75, 3.05) is 15.9 Å². The van der Waals surface area contributed by atoms with Crippen LogP contribution in [0.2, 0.25) is 5.02 Å². The minimum absolute atomic E-state index is 0.117. The second kappa shape index (κ2) is 11.3. The molecule has 0 heterocycles. The summed E-state index contributed by atoms with van der Waals surface area (Å²) in [5.74, 6) is 0.436. The third-order valence-electron chi connectivity index (χ3n) is 5.40. The zero-order valence-electron chi connectivity index (χ0n) is 19.6. The summed E-state index contributed by atoms with van der Waals surface area (Å²) in [5, 5.41) is 3.31. The molecular formula is C28H25ClN2O4S. The molecule has 0 aromatic heterocycles. The number of amides is 1. The summed E-state index contributed by atoms with van der Waals surface area (Å²) in [5.41, 5.74) is 3.38. The van der Waals surface area contributed by atoms with Crippen molar-refractivity contribution in [2.45, 2.75) is 13.2 Å². The summed E-state index contributed by atoms with van der Waals surface area (Å²) in [7, 11) is -3.54. The van der Waals surface area contributed by atoms with E-state index in [1.807, 2.05) is 30.3 Å². The number of nitrogens with zero attached hydrogens (tertiary/aromatic N) is 1. The van der Waals surface area contributed by atoms with E-state index in [1.165, 1.54) is 4.31 Å². The van der Waals surface area contributed by atoms with Gasteiger partial charge >= 0.3 is 0 Å². The number of carbonyl (C=O) groups is 1. The Morgan fingerprint density at radius 3 is 2.19 bits per heavy atom. The quantitative estimate of drug-likeness (QED) is 0.288. The van der Waals surface area contributed by atoms with Crippen LogP contribution < -0.4 is 14.4 Å². The monoisotopic (exact) mass is 520 g/mol. The highest BCUT2D eigenvalue weighted by Gasteiger charge is 2.18. The van der Waals surface area contributed by atoms with Crippen molar-refractivity contribution in [3.05, 3.63) is 125 Å². The molecule has 0 unspecified atom stereocenters. The average Bonchev–Trinajstić information content (AvgIpc) is 2.87.